The molecule has 0 aromatic carbocycles. The minimum Gasteiger partial charge on any atom is -0.299 e. The smallest absolute Gasteiger partial charge is 0.143 e. The molecule has 0 saturated heterocycles. The van der Waals surface area contributed by atoms with Crippen molar-refractivity contribution in [3.05, 3.63) is 0 Å². The largest absolute Gasteiger partial charge is 0.299 e. The molecule has 2 rings (SSSR count). The number of hydrogen-bond acceptors (Lipinski definition) is 2. The first kappa shape index (κ1) is 7.96. The zero-order valence-corrected chi connectivity index (χ0v) is 7.21. The lowest BCUT2D eigenvalue weighted by molar-refractivity contribution is -0.131. The summed E-state index contributed by atoms with van der Waals surface area (Å²) < 4.78 is 0. The topological polar surface area (TPSA) is 34.1 Å². The first-order valence-electron chi connectivity index (χ1n) is 4.83. The standard InChI is InChI=1S/C10H14O2/c11-9(7-2-1-3-7)6-10(12)8-4-5-8/h7-8H,1-6H2. The van der Waals surface area contributed by atoms with Crippen LogP contribution in [-0.2, 0) is 9.59 Å². The van der Waals surface area contributed by atoms with Crippen LogP contribution in [0.3, 0.4) is 0 Å². The third-order valence-corrected chi connectivity index (χ3v) is 2.94. The van der Waals surface area contributed by atoms with E-state index in [4.69, 9.17) is 0 Å². The second-order valence-electron chi connectivity index (χ2n) is 4.01. The van der Waals surface area contributed by atoms with Crippen LogP contribution >= 0.6 is 0 Å². The average molecular weight is 166 g/mol. The molecule has 0 bridgehead atoms. The lowest BCUT2D eigenvalue weighted by atomic mass is 9.80. The number of Topliss-reactive ketones (excluding diaryl/α,β-unsaturated/α-hetero) is 2. The van der Waals surface area contributed by atoms with E-state index < -0.39 is 0 Å². The maximum absolute atomic E-state index is 11.3. The molecule has 2 aliphatic carbocycles. The third-order valence-electron chi connectivity index (χ3n) is 2.94. The van der Waals surface area contributed by atoms with E-state index in [1.165, 1.54) is 6.42 Å². The van der Waals surface area contributed by atoms with Gasteiger partial charge in [0, 0.05) is 11.8 Å². The van der Waals surface area contributed by atoms with Crippen LogP contribution in [0.25, 0.3) is 0 Å². The maximum atomic E-state index is 11.3. The first-order chi connectivity index (χ1) is 5.77. The van der Waals surface area contributed by atoms with Crippen LogP contribution in [0, 0.1) is 11.8 Å². The molecular weight excluding hydrogens is 152 g/mol. The summed E-state index contributed by atoms with van der Waals surface area (Å²) in [5, 5.41) is 0. The van der Waals surface area contributed by atoms with Gasteiger partial charge in [0.1, 0.15) is 11.6 Å². The average Bonchev–Trinajstić information content (AvgIpc) is 2.61. The van der Waals surface area contributed by atoms with Crippen molar-refractivity contribution in [1.82, 2.24) is 0 Å². The second-order valence-corrected chi connectivity index (χ2v) is 4.01. The lowest BCUT2D eigenvalue weighted by Crippen LogP contribution is -2.24. The fraction of sp³-hybridized carbons (Fsp3) is 0.800. The van der Waals surface area contributed by atoms with Crippen molar-refractivity contribution in [3.8, 4) is 0 Å². The van der Waals surface area contributed by atoms with Gasteiger partial charge in [-0.1, -0.05) is 6.42 Å². The van der Waals surface area contributed by atoms with E-state index in [0.717, 1.165) is 25.7 Å². The van der Waals surface area contributed by atoms with Crippen molar-refractivity contribution >= 4 is 11.6 Å². The van der Waals surface area contributed by atoms with Gasteiger partial charge in [0.2, 0.25) is 0 Å². The number of rotatable bonds is 4. The SMILES string of the molecule is O=C(CC(=O)C1CC1)C1CCC1. The van der Waals surface area contributed by atoms with Crippen LogP contribution in [0.5, 0.6) is 0 Å². The van der Waals surface area contributed by atoms with E-state index in [-0.39, 0.29) is 29.8 Å². The van der Waals surface area contributed by atoms with Gasteiger partial charge in [-0.3, -0.25) is 9.59 Å². The first-order valence-corrected chi connectivity index (χ1v) is 4.83. The molecule has 66 valence electrons. The zero-order chi connectivity index (χ0) is 8.55. The van der Waals surface area contributed by atoms with Gasteiger partial charge < -0.3 is 0 Å². The molecule has 12 heavy (non-hydrogen) atoms. The molecule has 0 atom stereocenters. The van der Waals surface area contributed by atoms with E-state index in [1.54, 1.807) is 0 Å². The summed E-state index contributed by atoms with van der Waals surface area (Å²) in [7, 11) is 0. The molecule has 0 aromatic rings. The summed E-state index contributed by atoms with van der Waals surface area (Å²) >= 11 is 0. The molecule has 0 aliphatic heterocycles. The van der Waals surface area contributed by atoms with E-state index in [9.17, 15) is 9.59 Å². The van der Waals surface area contributed by atoms with Crippen molar-refractivity contribution < 1.29 is 9.59 Å². The van der Waals surface area contributed by atoms with E-state index in [1.807, 2.05) is 0 Å². The normalized spacial score (nSPS) is 23.3. The Balaban J connectivity index is 1.76. The minimum absolute atomic E-state index is 0.201. The summed E-state index contributed by atoms with van der Waals surface area (Å²) in [4.78, 5) is 22.6. The fourth-order valence-corrected chi connectivity index (χ4v) is 1.60. The van der Waals surface area contributed by atoms with Crippen LogP contribution in [0.4, 0.5) is 0 Å². The van der Waals surface area contributed by atoms with Gasteiger partial charge in [-0.25, -0.2) is 0 Å². The monoisotopic (exact) mass is 166 g/mol. The van der Waals surface area contributed by atoms with Crippen molar-refractivity contribution in [1.29, 1.82) is 0 Å². The highest BCUT2D eigenvalue weighted by atomic mass is 16.1. The zero-order valence-electron chi connectivity index (χ0n) is 7.21. The van der Waals surface area contributed by atoms with Gasteiger partial charge in [0.15, 0.2) is 0 Å². The Kier molecular flexibility index (Phi) is 1.99. The van der Waals surface area contributed by atoms with Gasteiger partial charge in [0.05, 0.1) is 6.42 Å². The molecule has 2 aliphatic rings. The predicted octanol–water partition coefficient (Wildman–Crippen LogP) is 1.72. The molecule has 0 heterocycles. The van der Waals surface area contributed by atoms with Crippen LogP contribution in [0.1, 0.15) is 38.5 Å². The van der Waals surface area contributed by atoms with Gasteiger partial charge in [-0.15, -0.1) is 0 Å². The summed E-state index contributed by atoms with van der Waals surface area (Å²) in [5.41, 5.74) is 0. The van der Waals surface area contributed by atoms with Gasteiger partial charge in [-0.2, -0.15) is 0 Å². The minimum atomic E-state index is 0.201. The Hall–Kier alpha value is -0.660. The van der Waals surface area contributed by atoms with Gasteiger partial charge in [-0.05, 0) is 25.7 Å². The molecule has 2 fully saturated rings. The molecule has 0 N–H and O–H groups in total. The highest BCUT2D eigenvalue weighted by molar-refractivity contribution is 6.02. The van der Waals surface area contributed by atoms with Gasteiger partial charge >= 0.3 is 0 Å². The molecule has 2 heteroatoms. The molecule has 0 spiro atoms. The van der Waals surface area contributed by atoms with Crippen molar-refractivity contribution in [3.63, 3.8) is 0 Å². The number of carbonyl (C=O) groups excluding carboxylic acids is 2. The van der Waals surface area contributed by atoms with E-state index in [0.29, 0.717) is 0 Å². The maximum Gasteiger partial charge on any atom is 0.143 e. The molecular formula is C10H14O2. The summed E-state index contributed by atoms with van der Waals surface area (Å²) in [5.74, 6) is 0.909. The number of hydrogen-bond donors (Lipinski definition) is 0. The highest BCUT2D eigenvalue weighted by Gasteiger charge is 2.33. The lowest BCUT2D eigenvalue weighted by Gasteiger charge is -2.23. The highest BCUT2D eigenvalue weighted by Crippen LogP contribution is 2.33. The quantitative estimate of drug-likeness (QED) is 0.596. The Morgan fingerprint density at radius 3 is 1.75 bits per heavy atom. The van der Waals surface area contributed by atoms with Crippen molar-refractivity contribution in [2.45, 2.75) is 38.5 Å². The summed E-state index contributed by atoms with van der Waals surface area (Å²) in [6.07, 6.45) is 5.50. The molecule has 0 aromatic heterocycles. The molecule has 0 unspecified atom stereocenters. The third kappa shape index (κ3) is 1.57. The predicted molar refractivity (Wildman–Crippen MR) is 44.7 cm³/mol. The van der Waals surface area contributed by atoms with Crippen LogP contribution < -0.4 is 0 Å². The number of carbonyl (C=O) groups is 2. The van der Waals surface area contributed by atoms with E-state index in [2.05, 4.69) is 0 Å². The second kappa shape index (κ2) is 3.00. The molecule has 0 radical (unpaired) electrons. The Morgan fingerprint density at radius 2 is 1.42 bits per heavy atom. The fourth-order valence-electron chi connectivity index (χ4n) is 1.60. The van der Waals surface area contributed by atoms with Gasteiger partial charge in [0.25, 0.3) is 0 Å². The van der Waals surface area contributed by atoms with Crippen molar-refractivity contribution in [2.75, 3.05) is 0 Å². The summed E-state index contributed by atoms with van der Waals surface area (Å²) in [6, 6.07) is 0. The molecule has 2 nitrogen and oxygen atoms in total. The van der Waals surface area contributed by atoms with Crippen molar-refractivity contribution in [2.24, 2.45) is 11.8 Å². The summed E-state index contributed by atoms with van der Waals surface area (Å²) in [6.45, 7) is 0. The Morgan fingerprint density at radius 1 is 0.917 bits per heavy atom. The Labute approximate surface area is 72.3 Å². The number of ketones is 2. The molecule has 2 saturated carbocycles. The van der Waals surface area contributed by atoms with E-state index >= 15 is 0 Å². The van der Waals surface area contributed by atoms with Crippen LogP contribution in [0.2, 0.25) is 0 Å². The molecule has 0 amide bonds. The van der Waals surface area contributed by atoms with Crippen LogP contribution in [-0.4, -0.2) is 11.6 Å². The van der Waals surface area contributed by atoms with Crippen LogP contribution in [0.15, 0.2) is 0 Å². The Bertz CT molecular complexity index is 212.